The van der Waals surface area contributed by atoms with Crippen LogP contribution in [-0.2, 0) is 6.42 Å². The molecule has 30 nitrogen and oxygen atoms in total. The Morgan fingerprint density at radius 3 is 0.949 bits per heavy atom. The summed E-state index contributed by atoms with van der Waals surface area (Å²) in [6.07, 6.45) is 6.55. The van der Waals surface area contributed by atoms with Gasteiger partial charge in [0.1, 0.15) is 74.9 Å². The number of hydrogen-bond acceptors (Lipinski definition) is 30. The zero-order valence-corrected chi connectivity index (χ0v) is 79.1. The molecule has 0 atom stereocenters. The van der Waals surface area contributed by atoms with E-state index in [1.165, 1.54) is 143 Å². The lowest BCUT2D eigenvalue weighted by atomic mass is 10.1. The summed E-state index contributed by atoms with van der Waals surface area (Å²) in [5, 5.41) is 0.360. The largest absolute Gasteiger partial charge is 0.492 e. The number of methoxy groups -OCH3 is 4. The van der Waals surface area contributed by atoms with Crippen LogP contribution in [0.3, 0.4) is 0 Å². The van der Waals surface area contributed by atoms with E-state index < -0.39 is 64.7 Å². The van der Waals surface area contributed by atoms with Crippen LogP contribution in [0.5, 0.6) is 28.7 Å². The van der Waals surface area contributed by atoms with Gasteiger partial charge in [-0.3, -0.25) is 28.8 Å². The number of benzene rings is 6. The average Bonchev–Trinajstić information content (AvgIpc) is 0.787. The number of carbonyl (C=O) groups excluding carboxylic acids is 6. The Morgan fingerprint density at radius 2 is 0.654 bits per heavy atom. The monoisotopic (exact) mass is 2000 g/mol. The van der Waals surface area contributed by atoms with Gasteiger partial charge >= 0.3 is 6.61 Å². The summed E-state index contributed by atoms with van der Waals surface area (Å²) in [6, 6.07) is 16.6. The molecule has 0 aliphatic rings. The molecule has 136 heavy (non-hydrogen) atoms. The van der Waals surface area contributed by atoms with Crippen LogP contribution in [0.25, 0.3) is 92.4 Å². The number of carbonyl (C=O) groups is 6. The molecule has 6 heterocycles. The first kappa shape index (κ1) is 109. The third-order valence-electron chi connectivity index (χ3n) is 18.7. The van der Waals surface area contributed by atoms with E-state index in [4.69, 9.17) is 123 Å². The number of aromatic nitrogens is 12. The van der Waals surface area contributed by atoms with Gasteiger partial charge in [-0.25, -0.2) is 90.5 Å². The Hall–Kier alpha value is -14.5. The molecular weight excluding hydrogens is 1920 g/mol. The molecule has 45 heteroatoms. The molecule has 712 valence electrons. The van der Waals surface area contributed by atoms with Crippen molar-refractivity contribution in [3.8, 4) is 97.1 Å². The quantitative estimate of drug-likeness (QED) is 0.0242. The molecule has 12 rings (SSSR count). The molecule has 0 fully saturated rings. The van der Waals surface area contributed by atoms with Gasteiger partial charge in [0.25, 0.3) is 0 Å². The van der Waals surface area contributed by atoms with Gasteiger partial charge in [0.2, 0.25) is 0 Å². The number of anilines is 7. The van der Waals surface area contributed by atoms with Crippen LogP contribution in [0, 0.1) is 41.8 Å². The molecule has 0 aliphatic heterocycles. The smallest absolute Gasteiger partial charge is 0.387 e. The van der Waals surface area contributed by atoms with Crippen molar-refractivity contribution < 1.29 is 92.0 Å². The van der Waals surface area contributed by atoms with Crippen molar-refractivity contribution in [1.29, 1.82) is 0 Å². The topological polar surface area (TPSA) is 463 Å². The number of allylic oxidation sites excluding steroid dienone is 1. The number of hydrogen-bond donors (Lipinski definition) is 6. The zero-order valence-electron chi connectivity index (χ0n) is 74.6. The number of halogens is 15. The minimum atomic E-state index is -3.27. The maximum absolute atomic E-state index is 14.8. The minimum Gasteiger partial charge on any atom is -0.492 e. The van der Waals surface area contributed by atoms with Crippen molar-refractivity contribution in [2.24, 2.45) is 0 Å². The van der Waals surface area contributed by atoms with E-state index >= 15 is 0 Å². The first-order chi connectivity index (χ1) is 64.0. The van der Waals surface area contributed by atoms with E-state index in [0.29, 0.717) is 28.7 Å². The standard InChI is InChI=1S/C16H16ClFN4O.C16H15ClFN3O2.C15H11ClF3N3O2.C15H12ClF2N3O2.C15H15ClFN3O2.C14H13ClFN3O2/c1-5-9-13(8(2)23)20-16(21-15(9)19)10-6-7-11(17)14(12(10)18)22(3)4;1-4-5-10-13(8(2)22)20-16(21-15(10)19)9-6-7-11(17)14(23-3)12(9)18;1-3-7-11(6(2)23)21-14(22-13(7)20)8-4-5-9(16)12(10(8)17)24-15(18)19;1-6(17)10-12(7(2)22)20-15(21-14(10)19)8-4-5-9(16)13(23-3)11(8)18;1-4-8-12(7(2)21)19-15(20-14(8)18)9-5-6-10(16)13(22-3)11(9)17;1-6-11(7(2)20)18-14(19-13(6)17)8-4-5-9(15)12(21-3)10(8)16/h5-7H,1H2,2-4H3,(H2,19,20,21);4-7H,1-3H3,(H2,19,20,21);3-5,15H,1H2,2H3,(H2,20,21,22);4-5H,1H2,2-3H3,(H2,19,20,21);5-6H,4H2,1-3H3,(H2,18,19,20);4-5H,1-3H3,(H2,17,18,19)/b;5-4-;;;;. The van der Waals surface area contributed by atoms with Crippen LogP contribution in [0.1, 0.15) is 152 Å². The van der Waals surface area contributed by atoms with Crippen LogP contribution in [0.4, 0.5) is 80.1 Å². The summed E-state index contributed by atoms with van der Waals surface area (Å²) >= 11 is 35.1. The summed E-state index contributed by atoms with van der Waals surface area (Å²) in [5.74, 6) is -9.58. The number of alkyl halides is 2. The highest BCUT2D eigenvalue weighted by Gasteiger charge is 2.30. The Morgan fingerprint density at radius 1 is 0.390 bits per heavy atom. The van der Waals surface area contributed by atoms with Gasteiger partial charge in [0, 0.05) is 83.5 Å². The first-order valence-corrected chi connectivity index (χ1v) is 41.2. The van der Waals surface area contributed by atoms with E-state index in [9.17, 15) is 68.3 Å². The Bertz CT molecular complexity index is 6810. The molecule has 0 saturated heterocycles. The zero-order chi connectivity index (χ0) is 102. The number of rotatable bonds is 24. The van der Waals surface area contributed by atoms with Crippen molar-refractivity contribution >= 4 is 169 Å². The van der Waals surface area contributed by atoms with Gasteiger partial charge in [0.05, 0.1) is 103 Å². The van der Waals surface area contributed by atoms with E-state index in [-0.39, 0.29) is 230 Å². The van der Waals surface area contributed by atoms with E-state index in [2.05, 4.69) is 84.3 Å². The number of ether oxygens (including phenoxy) is 5. The number of Topliss-reactive ketones (excluding diaryl/α,β-unsaturated/α-hetero) is 6. The molecule has 6 aromatic carbocycles. The SMILES string of the molecule is C/C=C\c1c(N)nc(-c2ccc(Cl)c(OC)c2F)nc1C(C)=O.C=C(F)c1c(N)nc(-c2ccc(Cl)c(OC)c2F)nc1C(C)=O.C=Cc1c(N)nc(-c2ccc(Cl)c(N(C)C)c2F)nc1C(C)=O.C=Cc1c(N)nc(-c2ccc(Cl)c(OC(F)F)c2F)nc1C(C)=O.CCc1c(N)nc(-c2ccc(Cl)c(OC)c2F)nc1C(C)=O.COc1c(Cl)ccc(-c2nc(N)c(C)c(C(C)=O)n2)c1F. The predicted octanol–water partition coefficient (Wildman–Crippen LogP) is 21.2. The number of nitrogens with two attached hydrogens (primary N) is 6. The fourth-order valence-electron chi connectivity index (χ4n) is 12.3. The molecular formula is C91H82Cl6F9N19O11. The minimum absolute atomic E-state index is 0.00609. The molecule has 12 N–H and O–H groups in total. The summed E-state index contributed by atoms with van der Waals surface area (Å²) in [5.41, 5.74) is 36.8. The maximum atomic E-state index is 14.8. The van der Waals surface area contributed by atoms with Gasteiger partial charge in [-0.2, -0.15) is 8.78 Å². The van der Waals surface area contributed by atoms with Crippen LogP contribution >= 0.6 is 69.6 Å². The second-order valence-electron chi connectivity index (χ2n) is 27.9. The van der Waals surface area contributed by atoms with E-state index in [1.54, 1.807) is 51.1 Å². The third-order valence-corrected chi connectivity index (χ3v) is 20.5. The van der Waals surface area contributed by atoms with E-state index in [1.807, 2.05) is 6.92 Å². The molecule has 0 saturated carbocycles. The van der Waals surface area contributed by atoms with Crippen LogP contribution < -0.4 is 63.0 Å². The normalized spacial score (nSPS) is 10.6. The van der Waals surface area contributed by atoms with Crippen LogP contribution in [0.15, 0.2) is 98.6 Å². The average molecular weight is 2000 g/mol. The van der Waals surface area contributed by atoms with Gasteiger partial charge < -0.3 is 63.0 Å². The van der Waals surface area contributed by atoms with Gasteiger partial charge in [-0.05, 0) is 93.1 Å². The van der Waals surface area contributed by atoms with Gasteiger partial charge in [0.15, 0.2) is 133 Å². The maximum Gasteiger partial charge on any atom is 0.387 e. The molecule has 0 amide bonds. The number of ketones is 6. The summed E-state index contributed by atoms with van der Waals surface area (Å²) in [4.78, 5) is 120. The molecule has 0 unspecified atom stereocenters. The van der Waals surface area contributed by atoms with Crippen molar-refractivity contribution in [1.82, 2.24) is 59.8 Å². The van der Waals surface area contributed by atoms with Crippen molar-refractivity contribution in [2.45, 2.75) is 75.3 Å². The van der Waals surface area contributed by atoms with Crippen LogP contribution in [0.2, 0.25) is 30.1 Å². The third kappa shape index (κ3) is 24.7. The lowest BCUT2D eigenvalue weighted by molar-refractivity contribution is -0.0520. The Labute approximate surface area is 801 Å². The number of nitrogens with zero attached hydrogens (tertiary/aromatic N) is 13. The highest BCUT2D eigenvalue weighted by molar-refractivity contribution is 6.34. The van der Waals surface area contributed by atoms with Gasteiger partial charge in [-0.15, -0.1) is 0 Å². The second kappa shape index (κ2) is 47.4. The lowest BCUT2D eigenvalue weighted by Gasteiger charge is -2.17. The highest BCUT2D eigenvalue weighted by Crippen LogP contribution is 2.43. The highest BCUT2D eigenvalue weighted by atomic mass is 35.5. The summed E-state index contributed by atoms with van der Waals surface area (Å²) in [7, 11) is 8.51. The summed E-state index contributed by atoms with van der Waals surface area (Å²) in [6.45, 7) is 20.0. The van der Waals surface area contributed by atoms with Crippen molar-refractivity contribution in [3.05, 3.63) is 231 Å². The summed E-state index contributed by atoms with van der Waals surface area (Å²) < 4.78 is 149. The molecule has 12 aromatic rings. The van der Waals surface area contributed by atoms with Gasteiger partial charge in [-0.1, -0.05) is 121 Å². The van der Waals surface area contributed by atoms with Crippen molar-refractivity contribution in [3.63, 3.8) is 0 Å². The Kier molecular flexibility index (Phi) is 37.8. The fourth-order valence-corrected chi connectivity index (χ4v) is 13.7. The predicted molar refractivity (Wildman–Crippen MR) is 507 cm³/mol. The molecule has 0 radical (unpaired) electrons. The second-order valence-corrected chi connectivity index (χ2v) is 30.4. The van der Waals surface area contributed by atoms with E-state index in [0.717, 1.165) is 6.07 Å². The molecule has 6 aromatic heterocycles. The fraction of sp³-hybridized carbons (Fsp3) is 0.187. The lowest BCUT2D eigenvalue weighted by Crippen LogP contribution is -2.13. The first-order valence-electron chi connectivity index (χ1n) is 38.9. The molecule has 0 spiro atoms. The Balaban J connectivity index is 0.000000222. The molecule has 0 aliphatic carbocycles. The number of nitrogen functional groups attached to an aromatic ring is 6. The van der Waals surface area contributed by atoms with Crippen molar-refractivity contribution in [2.75, 3.05) is 81.8 Å². The van der Waals surface area contributed by atoms with Crippen LogP contribution in [-0.4, -0.2) is 144 Å². The molecule has 0 bridgehead atoms.